The van der Waals surface area contributed by atoms with Gasteiger partial charge in [0.1, 0.15) is 5.82 Å². The number of pyridine rings is 1. The van der Waals surface area contributed by atoms with Gasteiger partial charge in [-0.1, -0.05) is 6.92 Å². The number of nitrogens with one attached hydrogen (secondary N) is 1. The molecule has 14 heavy (non-hydrogen) atoms. The number of hydrogen-bond acceptors (Lipinski definition) is 3. The van der Waals surface area contributed by atoms with Crippen LogP contribution in [0.4, 0.5) is 4.39 Å². The van der Waals surface area contributed by atoms with Crippen molar-refractivity contribution >= 4 is 0 Å². The fraction of sp³-hybridized carbons (Fsp3) is 0.500. The number of aromatic nitrogens is 1. The lowest BCUT2D eigenvalue weighted by atomic mass is 10.1. The predicted octanol–water partition coefficient (Wildman–Crippen LogP) is 1.22. The van der Waals surface area contributed by atoms with Crippen molar-refractivity contribution in [1.82, 2.24) is 10.3 Å². The summed E-state index contributed by atoms with van der Waals surface area (Å²) in [4.78, 5) is 4.02. The van der Waals surface area contributed by atoms with Crippen LogP contribution in [-0.4, -0.2) is 18.1 Å². The average Bonchev–Trinajstić information content (AvgIpc) is 2.21. The van der Waals surface area contributed by atoms with Gasteiger partial charge in [0.25, 0.3) is 0 Å². The molecule has 0 fully saturated rings. The van der Waals surface area contributed by atoms with Crippen molar-refractivity contribution in [2.45, 2.75) is 19.4 Å². The monoisotopic (exact) mass is 197 g/mol. The van der Waals surface area contributed by atoms with Gasteiger partial charge in [-0.05, 0) is 18.6 Å². The first kappa shape index (κ1) is 11.1. The third-order valence-corrected chi connectivity index (χ3v) is 2.05. The molecule has 0 aromatic carbocycles. The van der Waals surface area contributed by atoms with Gasteiger partial charge in [-0.15, -0.1) is 0 Å². The maximum atomic E-state index is 12.6. The molecule has 0 aliphatic heterocycles. The van der Waals surface area contributed by atoms with Crippen LogP contribution in [-0.2, 0) is 0 Å². The summed E-state index contributed by atoms with van der Waals surface area (Å²) in [5.74, 6) is -0.303. The van der Waals surface area contributed by atoms with Crippen LogP contribution >= 0.6 is 0 Å². The summed E-state index contributed by atoms with van der Waals surface area (Å²) in [5, 5.41) is 3.24. The average molecular weight is 197 g/mol. The third-order valence-electron chi connectivity index (χ3n) is 2.05. The molecule has 0 aliphatic carbocycles. The summed E-state index contributed by atoms with van der Waals surface area (Å²) in [6, 6.07) is 3.29. The van der Waals surface area contributed by atoms with E-state index in [1.165, 1.54) is 12.3 Å². The number of halogens is 1. The molecular weight excluding hydrogens is 181 g/mol. The van der Waals surface area contributed by atoms with E-state index in [-0.39, 0.29) is 11.9 Å². The molecular formula is C10H16FN3. The molecule has 1 heterocycles. The highest BCUT2D eigenvalue weighted by atomic mass is 19.1. The van der Waals surface area contributed by atoms with E-state index in [0.717, 1.165) is 18.7 Å². The fourth-order valence-electron chi connectivity index (χ4n) is 1.31. The van der Waals surface area contributed by atoms with Crippen molar-refractivity contribution in [3.05, 3.63) is 29.8 Å². The van der Waals surface area contributed by atoms with E-state index in [4.69, 9.17) is 5.73 Å². The summed E-state index contributed by atoms with van der Waals surface area (Å²) in [5.41, 5.74) is 6.25. The molecule has 4 heteroatoms. The second-order valence-corrected chi connectivity index (χ2v) is 3.10. The molecule has 0 radical (unpaired) electrons. The number of nitrogens with two attached hydrogens (primary N) is 1. The molecule has 1 atom stereocenters. The number of hydrogen-bond donors (Lipinski definition) is 2. The first-order valence-corrected chi connectivity index (χ1v) is 4.82. The van der Waals surface area contributed by atoms with Gasteiger partial charge in [-0.2, -0.15) is 0 Å². The molecule has 3 nitrogen and oxygen atoms in total. The van der Waals surface area contributed by atoms with Gasteiger partial charge in [0.05, 0.1) is 11.9 Å². The fourth-order valence-corrected chi connectivity index (χ4v) is 1.31. The van der Waals surface area contributed by atoms with Crippen LogP contribution < -0.4 is 11.1 Å². The molecule has 0 amide bonds. The summed E-state index contributed by atoms with van der Waals surface area (Å²) in [7, 11) is 0. The summed E-state index contributed by atoms with van der Waals surface area (Å²) < 4.78 is 12.6. The molecule has 78 valence electrons. The highest BCUT2D eigenvalue weighted by Crippen LogP contribution is 2.13. The van der Waals surface area contributed by atoms with E-state index in [2.05, 4.69) is 17.2 Å². The van der Waals surface area contributed by atoms with Gasteiger partial charge >= 0.3 is 0 Å². The molecule has 1 aromatic rings. The van der Waals surface area contributed by atoms with Gasteiger partial charge in [0.2, 0.25) is 0 Å². The maximum Gasteiger partial charge on any atom is 0.141 e. The van der Waals surface area contributed by atoms with Gasteiger partial charge in [-0.3, -0.25) is 4.98 Å². The Balaban J connectivity index is 2.64. The SMILES string of the molecule is CCC(NCCN)c1ccc(F)cn1. The highest BCUT2D eigenvalue weighted by Gasteiger charge is 2.08. The van der Waals surface area contributed by atoms with Gasteiger partial charge in [-0.25, -0.2) is 4.39 Å². The van der Waals surface area contributed by atoms with Crippen LogP contribution in [0.3, 0.4) is 0 Å². The molecule has 0 saturated carbocycles. The molecule has 0 saturated heterocycles. The van der Waals surface area contributed by atoms with E-state index in [1.54, 1.807) is 6.07 Å². The zero-order valence-corrected chi connectivity index (χ0v) is 8.33. The second-order valence-electron chi connectivity index (χ2n) is 3.10. The molecule has 1 unspecified atom stereocenters. The Morgan fingerprint density at radius 2 is 2.36 bits per heavy atom. The second kappa shape index (κ2) is 5.67. The smallest absolute Gasteiger partial charge is 0.141 e. The minimum absolute atomic E-state index is 0.166. The Morgan fingerprint density at radius 1 is 1.57 bits per heavy atom. The van der Waals surface area contributed by atoms with Crippen LogP contribution in [0.2, 0.25) is 0 Å². The van der Waals surface area contributed by atoms with E-state index in [1.807, 2.05) is 0 Å². The Hall–Kier alpha value is -1.00. The van der Waals surface area contributed by atoms with E-state index >= 15 is 0 Å². The molecule has 0 aliphatic rings. The van der Waals surface area contributed by atoms with Crippen LogP contribution in [0.1, 0.15) is 25.1 Å². The van der Waals surface area contributed by atoms with Crippen LogP contribution in [0.15, 0.2) is 18.3 Å². The Kier molecular flexibility index (Phi) is 4.49. The van der Waals surface area contributed by atoms with Crippen molar-refractivity contribution in [2.24, 2.45) is 5.73 Å². The predicted molar refractivity (Wildman–Crippen MR) is 54.3 cm³/mol. The van der Waals surface area contributed by atoms with Crippen molar-refractivity contribution in [3.63, 3.8) is 0 Å². The first-order valence-electron chi connectivity index (χ1n) is 4.82. The van der Waals surface area contributed by atoms with Crippen LogP contribution in [0, 0.1) is 5.82 Å². The number of rotatable bonds is 5. The minimum atomic E-state index is -0.303. The molecule has 1 rings (SSSR count). The van der Waals surface area contributed by atoms with E-state index < -0.39 is 0 Å². The summed E-state index contributed by atoms with van der Waals surface area (Å²) in [6.07, 6.45) is 2.15. The standard InChI is InChI=1S/C10H16FN3/c1-2-9(13-6-5-12)10-4-3-8(11)7-14-10/h3-4,7,9,13H,2,5-6,12H2,1H3. The van der Waals surface area contributed by atoms with Crippen LogP contribution in [0.5, 0.6) is 0 Å². The lowest BCUT2D eigenvalue weighted by Gasteiger charge is -2.15. The number of nitrogens with zero attached hydrogens (tertiary/aromatic N) is 1. The molecule has 0 bridgehead atoms. The quantitative estimate of drug-likeness (QED) is 0.746. The van der Waals surface area contributed by atoms with Crippen molar-refractivity contribution < 1.29 is 4.39 Å². The molecule has 0 spiro atoms. The summed E-state index contributed by atoms with van der Waals surface area (Å²) in [6.45, 7) is 3.40. The van der Waals surface area contributed by atoms with Gasteiger partial charge in [0, 0.05) is 19.1 Å². The zero-order chi connectivity index (χ0) is 10.4. The molecule has 1 aromatic heterocycles. The minimum Gasteiger partial charge on any atom is -0.329 e. The zero-order valence-electron chi connectivity index (χ0n) is 8.33. The van der Waals surface area contributed by atoms with Gasteiger partial charge < -0.3 is 11.1 Å². The largest absolute Gasteiger partial charge is 0.329 e. The van der Waals surface area contributed by atoms with Crippen molar-refractivity contribution in [3.8, 4) is 0 Å². The third kappa shape index (κ3) is 3.05. The van der Waals surface area contributed by atoms with Crippen LogP contribution in [0.25, 0.3) is 0 Å². The van der Waals surface area contributed by atoms with E-state index in [0.29, 0.717) is 6.54 Å². The highest BCUT2D eigenvalue weighted by molar-refractivity contribution is 5.09. The molecule has 3 N–H and O–H groups in total. The maximum absolute atomic E-state index is 12.6. The van der Waals surface area contributed by atoms with Gasteiger partial charge in [0.15, 0.2) is 0 Å². The topological polar surface area (TPSA) is 50.9 Å². The Bertz CT molecular complexity index is 261. The van der Waals surface area contributed by atoms with Crippen molar-refractivity contribution in [1.29, 1.82) is 0 Å². The lowest BCUT2D eigenvalue weighted by molar-refractivity contribution is 0.511. The Morgan fingerprint density at radius 3 is 2.86 bits per heavy atom. The normalized spacial score (nSPS) is 12.8. The lowest BCUT2D eigenvalue weighted by Crippen LogP contribution is -2.27. The van der Waals surface area contributed by atoms with Crippen molar-refractivity contribution in [2.75, 3.05) is 13.1 Å². The Labute approximate surface area is 83.5 Å². The summed E-state index contributed by atoms with van der Waals surface area (Å²) >= 11 is 0. The first-order chi connectivity index (χ1) is 6.77. The van der Waals surface area contributed by atoms with E-state index in [9.17, 15) is 4.39 Å².